The number of hydrogen-bond donors (Lipinski definition) is 3. The minimum atomic E-state index is -0.0960. The number of H-pyrrole nitrogens is 1. The average molecular weight is 345 g/mol. The molecule has 0 radical (unpaired) electrons. The molecule has 128 valence electrons. The quantitative estimate of drug-likeness (QED) is 0.801. The lowest BCUT2D eigenvalue weighted by atomic mass is 9.90. The number of aromatic amines is 1. The molecular weight excluding hydrogens is 322 g/mol. The molecule has 4 rings (SSSR count). The first-order valence-electron chi connectivity index (χ1n) is 8.55. The molecule has 1 aromatic carbocycles. The normalized spacial score (nSPS) is 26.8. The van der Waals surface area contributed by atoms with Gasteiger partial charge in [0, 0.05) is 29.6 Å². The van der Waals surface area contributed by atoms with Crippen LogP contribution in [0.1, 0.15) is 25.0 Å². The Morgan fingerprint density at radius 1 is 1.42 bits per heavy atom. The summed E-state index contributed by atoms with van der Waals surface area (Å²) in [5.41, 5.74) is 2.11. The van der Waals surface area contributed by atoms with Crippen molar-refractivity contribution in [2.45, 2.75) is 37.5 Å². The lowest BCUT2D eigenvalue weighted by molar-refractivity contribution is -0.0684. The van der Waals surface area contributed by atoms with Crippen LogP contribution >= 0.6 is 11.8 Å². The molecule has 2 saturated heterocycles. The highest BCUT2D eigenvalue weighted by atomic mass is 32.2. The summed E-state index contributed by atoms with van der Waals surface area (Å²) >= 11 is 1.95. The fourth-order valence-electron chi connectivity index (χ4n) is 3.65. The van der Waals surface area contributed by atoms with Crippen LogP contribution in [0.4, 0.5) is 4.79 Å². The van der Waals surface area contributed by atoms with E-state index in [1.54, 1.807) is 0 Å². The average Bonchev–Trinajstić information content (AvgIpc) is 3.19. The van der Waals surface area contributed by atoms with Gasteiger partial charge in [0.2, 0.25) is 0 Å². The molecule has 2 aliphatic heterocycles. The number of thioether (sulfide) groups is 1. The summed E-state index contributed by atoms with van der Waals surface area (Å²) in [6, 6.07) is 10.3. The van der Waals surface area contributed by atoms with Gasteiger partial charge in [-0.25, -0.2) is 4.79 Å². The predicted octanol–water partition coefficient (Wildman–Crippen LogP) is 3.02. The zero-order valence-electron chi connectivity index (χ0n) is 13.6. The van der Waals surface area contributed by atoms with Crippen LogP contribution in [0.2, 0.25) is 0 Å². The maximum absolute atomic E-state index is 12.2. The molecule has 2 atom stereocenters. The Morgan fingerprint density at radius 3 is 3.17 bits per heavy atom. The number of benzene rings is 1. The molecule has 0 unspecified atom stereocenters. The van der Waals surface area contributed by atoms with Crippen molar-refractivity contribution in [3.63, 3.8) is 0 Å². The van der Waals surface area contributed by atoms with Gasteiger partial charge in [-0.2, -0.15) is 11.8 Å². The summed E-state index contributed by atoms with van der Waals surface area (Å²) in [7, 11) is 0. The fraction of sp³-hybridized carbons (Fsp3) is 0.500. The number of urea groups is 1. The Morgan fingerprint density at radius 2 is 2.33 bits per heavy atom. The van der Waals surface area contributed by atoms with E-state index in [2.05, 4.69) is 27.8 Å². The molecule has 5 nitrogen and oxygen atoms in total. The smallest absolute Gasteiger partial charge is 0.315 e. The number of rotatable bonds is 3. The number of amides is 2. The highest BCUT2D eigenvalue weighted by molar-refractivity contribution is 7.99. The monoisotopic (exact) mass is 345 g/mol. The van der Waals surface area contributed by atoms with Gasteiger partial charge >= 0.3 is 6.03 Å². The van der Waals surface area contributed by atoms with Gasteiger partial charge in [0.1, 0.15) is 0 Å². The van der Waals surface area contributed by atoms with Gasteiger partial charge in [-0.15, -0.1) is 0 Å². The van der Waals surface area contributed by atoms with Crippen molar-refractivity contribution in [1.82, 2.24) is 15.6 Å². The third-order valence-electron chi connectivity index (χ3n) is 4.92. The number of aromatic nitrogens is 1. The van der Waals surface area contributed by atoms with Gasteiger partial charge in [-0.3, -0.25) is 0 Å². The molecular formula is C18H23N3O2S. The van der Waals surface area contributed by atoms with Crippen LogP contribution in [0.5, 0.6) is 0 Å². The Bertz CT molecular complexity index is 691. The van der Waals surface area contributed by atoms with Crippen LogP contribution in [0.15, 0.2) is 30.3 Å². The van der Waals surface area contributed by atoms with Crippen molar-refractivity contribution in [1.29, 1.82) is 0 Å². The van der Waals surface area contributed by atoms with Crippen LogP contribution in [-0.2, 0) is 11.3 Å². The van der Waals surface area contributed by atoms with E-state index in [1.165, 1.54) is 11.1 Å². The summed E-state index contributed by atoms with van der Waals surface area (Å²) < 4.78 is 6.00. The van der Waals surface area contributed by atoms with E-state index in [4.69, 9.17) is 4.74 Å². The molecule has 1 spiro atoms. The first-order valence-corrected chi connectivity index (χ1v) is 9.71. The van der Waals surface area contributed by atoms with Crippen LogP contribution in [0, 0.1) is 0 Å². The van der Waals surface area contributed by atoms with Gasteiger partial charge in [-0.1, -0.05) is 18.2 Å². The molecule has 6 heteroatoms. The molecule has 0 saturated carbocycles. The maximum Gasteiger partial charge on any atom is 0.315 e. The topological polar surface area (TPSA) is 66.2 Å². The van der Waals surface area contributed by atoms with Crippen LogP contribution in [0.3, 0.4) is 0 Å². The van der Waals surface area contributed by atoms with Gasteiger partial charge < -0.3 is 20.4 Å². The second kappa shape index (κ2) is 6.69. The minimum absolute atomic E-state index is 0.00194. The maximum atomic E-state index is 12.2. The SMILES string of the molecule is O=C(NCc1cc2ccccc2[nH]1)N[C@@H]1CCO[C@]2(CCSC2)C1. The molecule has 3 heterocycles. The van der Waals surface area contributed by atoms with Gasteiger partial charge in [0.25, 0.3) is 0 Å². The third-order valence-corrected chi connectivity index (χ3v) is 6.14. The highest BCUT2D eigenvalue weighted by Crippen LogP contribution is 2.38. The van der Waals surface area contributed by atoms with Crippen molar-refractivity contribution in [3.05, 3.63) is 36.0 Å². The van der Waals surface area contributed by atoms with Crippen molar-refractivity contribution in [3.8, 4) is 0 Å². The van der Waals surface area contributed by atoms with Crippen molar-refractivity contribution in [2.24, 2.45) is 0 Å². The Balaban J connectivity index is 1.30. The number of carbonyl (C=O) groups is 1. The van der Waals surface area contributed by atoms with Crippen molar-refractivity contribution in [2.75, 3.05) is 18.1 Å². The standard InChI is InChI=1S/C18H23N3O2S/c22-17(19-11-15-9-13-3-1-2-4-16(13)20-15)21-14-5-7-23-18(10-14)6-8-24-12-18/h1-4,9,14,20H,5-8,10-12H2,(H2,19,21,22)/t14-,18-/m1/s1. The summed E-state index contributed by atoms with van der Waals surface area (Å²) in [4.78, 5) is 15.5. The molecule has 3 N–H and O–H groups in total. The summed E-state index contributed by atoms with van der Waals surface area (Å²) in [6.07, 6.45) is 2.93. The largest absolute Gasteiger partial charge is 0.374 e. The Kier molecular flexibility index (Phi) is 4.41. The first-order chi connectivity index (χ1) is 11.7. The van der Waals surface area contributed by atoms with Crippen LogP contribution < -0.4 is 10.6 Å². The minimum Gasteiger partial charge on any atom is -0.374 e. The van der Waals surface area contributed by atoms with E-state index in [0.29, 0.717) is 6.54 Å². The number of carbonyl (C=O) groups excluding carboxylic acids is 1. The highest BCUT2D eigenvalue weighted by Gasteiger charge is 2.40. The van der Waals surface area contributed by atoms with Crippen molar-refractivity contribution < 1.29 is 9.53 Å². The molecule has 0 bridgehead atoms. The van der Waals surface area contributed by atoms with E-state index in [1.807, 2.05) is 30.0 Å². The fourth-order valence-corrected chi connectivity index (χ4v) is 5.03. The number of fused-ring (bicyclic) bond motifs is 1. The summed E-state index contributed by atoms with van der Waals surface area (Å²) in [5, 5.41) is 7.25. The molecule has 24 heavy (non-hydrogen) atoms. The lowest BCUT2D eigenvalue weighted by Crippen LogP contribution is -2.50. The van der Waals surface area contributed by atoms with E-state index >= 15 is 0 Å². The molecule has 2 fully saturated rings. The van der Waals surface area contributed by atoms with E-state index in [-0.39, 0.29) is 17.7 Å². The summed E-state index contributed by atoms with van der Waals surface area (Å²) in [5.74, 6) is 2.22. The number of nitrogens with one attached hydrogen (secondary N) is 3. The zero-order valence-corrected chi connectivity index (χ0v) is 14.5. The van der Waals surface area contributed by atoms with Gasteiger partial charge in [0.15, 0.2) is 0 Å². The second-order valence-electron chi connectivity index (χ2n) is 6.73. The molecule has 1 aromatic heterocycles. The third kappa shape index (κ3) is 3.39. The van der Waals surface area contributed by atoms with Gasteiger partial charge in [0.05, 0.1) is 12.1 Å². The van der Waals surface area contributed by atoms with E-state index in [0.717, 1.165) is 42.8 Å². The van der Waals surface area contributed by atoms with E-state index in [9.17, 15) is 4.79 Å². The summed E-state index contributed by atoms with van der Waals surface area (Å²) in [6.45, 7) is 1.25. The van der Waals surface area contributed by atoms with Crippen LogP contribution in [-0.4, -0.2) is 40.8 Å². The van der Waals surface area contributed by atoms with Crippen molar-refractivity contribution >= 4 is 28.7 Å². The first kappa shape index (κ1) is 15.8. The molecule has 2 amide bonds. The Hall–Kier alpha value is -1.66. The second-order valence-corrected chi connectivity index (χ2v) is 7.84. The Labute approximate surface area is 145 Å². The lowest BCUT2D eigenvalue weighted by Gasteiger charge is -2.37. The number of hydrogen-bond acceptors (Lipinski definition) is 3. The molecule has 2 aliphatic rings. The zero-order chi connectivity index (χ0) is 16.4. The molecule has 0 aliphatic carbocycles. The van der Waals surface area contributed by atoms with Crippen LogP contribution in [0.25, 0.3) is 10.9 Å². The van der Waals surface area contributed by atoms with Gasteiger partial charge in [-0.05, 0) is 42.5 Å². The number of para-hydroxylation sites is 1. The number of ether oxygens (including phenoxy) is 1. The predicted molar refractivity (Wildman–Crippen MR) is 97.3 cm³/mol. The van der Waals surface area contributed by atoms with E-state index < -0.39 is 0 Å². The molecule has 2 aromatic rings.